The zero-order chi connectivity index (χ0) is 15.0. The summed E-state index contributed by atoms with van der Waals surface area (Å²) < 4.78 is 5.61. The van der Waals surface area contributed by atoms with Gasteiger partial charge in [-0.3, -0.25) is 9.59 Å². The lowest BCUT2D eigenvalue weighted by Gasteiger charge is -2.18. The highest BCUT2D eigenvalue weighted by molar-refractivity contribution is 5.72. The van der Waals surface area contributed by atoms with Crippen molar-refractivity contribution in [1.82, 2.24) is 0 Å². The monoisotopic (exact) mass is 284 g/mol. The molecule has 0 saturated heterocycles. The van der Waals surface area contributed by atoms with E-state index in [0.29, 0.717) is 12.3 Å². The Bertz CT molecular complexity index is 314. The Morgan fingerprint density at radius 1 is 1.30 bits per heavy atom. The average molecular weight is 284 g/mol. The third-order valence-corrected chi connectivity index (χ3v) is 4.27. The predicted octanol–water partition coefficient (Wildman–Crippen LogP) is 3.78. The Morgan fingerprint density at radius 3 is 2.65 bits per heavy atom. The molecule has 1 rings (SSSR count). The first-order valence-electron chi connectivity index (χ1n) is 7.99. The van der Waals surface area contributed by atoms with Crippen molar-refractivity contribution < 1.29 is 19.4 Å². The second kappa shape index (κ2) is 8.98. The molecule has 0 aromatic heterocycles. The zero-order valence-electron chi connectivity index (χ0n) is 12.8. The smallest absolute Gasteiger partial charge is 0.309 e. The van der Waals surface area contributed by atoms with Crippen molar-refractivity contribution in [2.24, 2.45) is 11.8 Å². The quantitative estimate of drug-likeness (QED) is 0.654. The number of rotatable bonds is 9. The van der Waals surface area contributed by atoms with Crippen LogP contribution in [0.15, 0.2) is 0 Å². The van der Waals surface area contributed by atoms with Crippen LogP contribution >= 0.6 is 0 Å². The summed E-state index contributed by atoms with van der Waals surface area (Å²) in [6.07, 6.45) is 7.58. The van der Waals surface area contributed by atoms with E-state index >= 15 is 0 Å². The summed E-state index contributed by atoms with van der Waals surface area (Å²) >= 11 is 0. The van der Waals surface area contributed by atoms with Crippen LogP contribution in [-0.4, -0.2) is 23.1 Å². The molecule has 0 amide bonds. The van der Waals surface area contributed by atoms with Gasteiger partial charge in [0.25, 0.3) is 0 Å². The van der Waals surface area contributed by atoms with E-state index in [2.05, 4.69) is 6.92 Å². The van der Waals surface area contributed by atoms with Gasteiger partial charge in [-0.25, -0.2) is 0 Å². The van der Waals surface area contributed by atoms with Gasteiger partial charge in [-0.2, -0.15) is 0 Å². The molecule has 1 saturated carbocycles. The van der Waals surface area contributed by atoms with Gasteiger partial charge in [0.15, 0.2) is 0 Å². The maximum Gasteiger partial charge on any atom is 0.309 e. The van der Waals surface area contributed by atoms with Crippen molar-refractivity contribution in [2.75, 3.05) is 0 Å². The average Bonchev–Trinajstić information content (AvgIpc) is 2.85. The highest BCUT2D eigenvalue weighted by Gasteiger charge is 2.29. The number of hydrogen-bond acceptors (Lipinski definition) is 3. The third-order valence-electron chi connectivity index (χ3n) is 4.27. The van der Waals surface area contributed by atoms with Crippen LogP contribution in [-0.2, 0) is 14.3 Å². The molecule has 3 atom stereocenters. The molecule has 0 aromatic carbocycles. The molecule has 116 valence electrons. The van der Waals surface area contributed by atoms with E-state index in [0.717, 1.165) is 44.9 Å². The summed E-state index contributed by atoms with van der Waals surface area (Å²) in [5.74, 6) is -0.353. The second-order valence-electron chi connectivity index (χ2n) is 5.92. The minimum absolute atomic E-state index is 0.0111. The van der Waals surface area contributed by atoms with Crippen molar-refractivity contribution >= 4 is 11.9 Å². The van der Waals surface area contributed by atoms with Crippen LogP contribution in [0.5, 0.6) is 0 Å². The number of carbonyl (C=O) groups excluding carboxylic acids is 1. The maximum atomic E-state index is 12.1. The van der Waals surface area contributed by atoms with Crippen LogP contribution in [0.4, 0.5) is 0 Å². The normalized spacial score (nSPS) is 23.5. The van der Waals surface area contributed by atoms with E-state index in [-0.39, 0.29) is 24.4 Å². The number of carboxylic acids is 1. The summed E-state index contributed by atoms with van der Waals surface area (Å²) in [7, 11) is 0. The van der Waals surface area contributed by atoms with Gasteiger partial charge in [0.1, 0.15) is 6.10 Å². The summed E-state index contributed by atoms with van der Waals surface area (Å²) in [4.78, 5) is 22.7. The van der Waals surface area contributed by atoms with Crippen LogP contribution < -0.4 is 0 Å². The van der Waals surface area contributed by atoms with Crippen molar-refractivity contribution in [3.05, 3.63) is 0 Å². The lowest BCUT2D eigenvalue weighted by atomic mass is 9.99. The van der Waals surface area contributed by atoms with Gasteiger partial charge in [0.05, 0.1) is 5.92 Å². The van der Waals surface area contributed by atoms with Crippen LogP contribution in [0, 0.1) is 11.8 Å². The lowest BCUT2D eigenvalue weighted by molar-refractivity contribution is -0.154. The van der Waals surface area contributed by atoms with Gasteiger partial charge in [-0.05, 0) is 44.4 Å². The first kappa shape index (κ1) is 17.0. The molecule has 0 heterocycles. The maximum absolute atomic E-state index is 12.1. The summed E-state index contributed by atoms with van der Waals surface area (Å²) in [6.45, 7) is 4.16. The van der Waals surface area contributed by atoms with Crippen LogP contribution in [0.25, 0.3) is 0 Å². The van der Waals surface area contributed by atoms with Gasteiger partial charge >= 0.3 is 11.9 Å². The molecule has 4 heteroatoms. The Labute approximate surface area is 121 Å². The first-order chi connectivity index (χ1) is 9.56. The minimum atomic E-state index is -0.740. The van der Waals surface area contributed by atoms with Gasteiger partial charge in [-0.15, -0.1) is 0 Å². The molecule has 1 N–H and O–H groups in total. The molecule has 3 unspecified atom stereocenters. The van der Waals surface area contributed by atoms with E-state index in [1.807, 2.05) is 6.92 Å². The molecule has 0 bridgehead atoms. The van der Waals surface area contributed by atoms with E-state index in [1.54, 1.807) is 0 Å². The van der Waals surface area contributed by atoms with Crippen LogP contribution in [0.2, 0.25) is 0 Å². The Morgan fingerprint density at radius 2 is 2.05 bits per heavy atom. The van der Waals surface area contributed by atoms with E-state index in [4.69, 9.17) is 9.84 Å². The summed E-state index contributed by atoms with van der Waals surface area (Å²) in [5, 5.41) is 8.69. The van der Waals surface area contributed by atoms with Gasteiger partial charge < -0.3 is 9.84 Å². The van der Waals surface area contributed by atoms with Crippen molar-refractivity contribution in [3.8, 4) is 0 Å². The molecule has 1 fully saturated rings. The third kappa shape index (κ3) is 5.93. The molecular formula is C16H28O4. The molecule has 4 nitrogen and oxygen atoms in total. The van der Waals surface area contributed by atoms with E-state index in [9.17, 15) is 9.59 Å². The number of ether oxygens (including phenoxy) is 1. The van der Waals surface area contributed by atoms with E-state index in [1.165, 1.54) is 0 Å². The fraction of sp³-hybridized carbons (Fsp3) is 0.875. The van der Waals surface area contributed by atoms with Gasteiger partial charge in [0.2, 0.25) is 0 Å². The number of carbonyl (C=O) groups is 2. The number of esters is 1. The van der Waals surface area contributed by atoms with Gasteiger partial charge in [0, 0.05) is 6.42 Å². The first-order valence-corrected chi connectivity index (χ1v) is 7.99. The molecule has 1 aliphatic carbocycles. The molecule has 0 spiro atoms. The Balaban J connectivity index is 2.30. The largest absolute Gasteiger partial charge is 0.481 e. The van der Waals surface area contributed by atoms with E-state index < -0.39 is 5.97 Å². The topological polar surface area (TPSA) is 63.6 Å². The Kier molecular flexibility index (Phi) is 7.63. The standard InChI is InChI=1S/C16H28O4/c1-3-5-6-13(4-2)16(19)20-14-9-7-12(11-14)8-10-15(17)18/h12-14H,3-11H2,1-2H3,(H,17,18). The molecular weight excluding hydrogens is 256 g/mol. The number of aliphatic carboxylic acids is 1. The van der Waals surface area contributed by atoms with Crippen LogP contribution in [0.3, 0.4) is 0 Å². The lowest BCUT2D eigenvalue weighted by Crippen LogP contribution is -2.22. The fourth-order valence-corrected chi connectivity index (χ4v) is 2.93. The molecule has 0 aliphatic heterocycles. The summed E-state index contributed by atoms with van der Waals surface area (Å²) in [6, 6.07) is 0. The fourth-order valence-electron chi connectivity index (χ4n) is 2.93. The SMILES string of the molecule is CCCCC(CC)C(=O)OC1CCC(CCC(=O)O)C1. The van der Waals surface area contributed by atoms with Crippen molar-refractivity contribution in [2.45, 2.75) is 77.7 Å². The minimum Gasteiger partial charge on any atom is -0.481 e. The summed E-state index contributed by atoms with van der Waals surface area (Å²) in [5.41, 5.74) is 0. The predicted molar refractivity (Wildman–Crippen MR) is 77.4 cm³/mol. The number of carboxylic acid groups (broad SMARTS) is 1. The van der Waals surface area contributed by atoms with Crippen LogP contribution in [0.1, 0.15) is 71.6 Å². The second-order valence-corrected chi connectivity index (χ2v) is 5.92. The van der Waals surface area contributed by atoms with Crippen molar-refractivity contribution in [1.29, 1.82) is 0 Å². The highest BCUT2D eigenvalue weighted by atomic mass is 16.5. The molecule has 1 aliphatic rings. The zero-order valence-corrected chi connectivity index (χ0v) is 12.8. The Hall–Kier alpha value is -1.06. The number of hydrogen-bond donors (Lipinski definition) is 1. The molecule has 0 radical (unpaired) electrons. The highest BCUT2D eigenvalue weighted by Crippen LogP contribution is 2.32. The molecule has 20 heavy (non-hydrogen) atoms. The number of unbranched alkanes of at least 4 members (excludes halogenated alkanes) is 1. The van der Waals surface area contributed by atoms with Crippen molar-refractivity contribution in [3.63, 3.8) is 0 Å². The van der Waals surface area contributed by atoms with Gasteiger partial charge in [-0.1, -0.05) is 26.7 Å². The molecule has 0 aromatic rings.